The fourth-order valence-electron chi connectivity index (χ4n) is 4.74. The molecule has 12 heteroatoms. The molecule has 2 saturated heterocycles. The zero-order valence-corrected chi connectivity index (χ0v) is 20.8. The standard InChI is InChI=1S/C25H29F2N7O3/c1-16(2)37-20-14-33(15-20)23(35)21-3-5-28-24(30-21)31-7-9-32(10-8-31)25(36)34-22(4-6-29-34)17-11-18(26)13-19(27)12-17/h3,5-6,11-13,16,20,22H,4,7-10,14-15H2,1-2H3. The molecule has 1 aromatic heterocycles. The van der Waals surface area contributed by atoms with Crippen LogP contribution in [0.25, 0.3) is 0 Å². The Morgan fingerprint density at radius 1 is 1.03 bits per heavy atom. The molecule has 3 aliphatic heterocycles. The molecule has 3 aliphatic rings. The number of hydrogen-bond acceptors (Lipinski definition) is 7. The molecule has 0 radical (unpaired) electrons. The van der Waals surface area contributed by atoms with Crippen molar-refractivity contribution in [3.8, 4) is 0 Å². The van der Waals surface area contributed by atoms with Crippen molar-refractivity contribution in [3.63, 3.8) is 0 Å². The summed E-state index contributed by atoms with van der Waals surface area (Å²) < 4.78 is 33.2. The Bertz CT molecular complexity index is 1180. The Morgan fingerprint density at radius 3 is 2.41 bits per heavy atom. The van der Waals surface area contributed by atoms with Crippen LogP contribution in [0.5, 0.6) is 0 Å². The van der Waals surface area contributed by atoms with Crippen LogP contribution in [0.1, 0.15) is 42.4 Å². The van der Waals surface area contributed by atoms with Crippen molar-refractivity contribution in [2.24, 2.45) is 5.10 Å². The number of carbonyl (C=O) groups excluding carboxylic acids is 2. The second-order valence-electron chi connectivity index (χ2n) is 9.61. The molecule has 0 saturated carbocycles. The SMILES string of the molecule is CC(C)OC1CN(C(=O)c2ccnc(N3CCN(C(=O)N4N=CCC4c4cc(F)cc(F)c4)CC3)n2)C1. The molecule has 0 aliphatic carbocycles. The number of carbonyl (C=O) groups is 2. The van der Waals surface area contributed by atoms with Crippen molar-refractivity contribution in [1.29, 1.82) is 0 Å². The molecule has 0 N–H and O–H groups in total. The number of rotatable bonds is 5. The van der Waals surface area contributed by atoms with Crippen LogP contribution in [-0.4, -0.2) is 94.4 Å². The molecular weight excluding hydrogens is 484 g/mol. The summed E-state index contributed by atoms with van der Waals surface area (Å²) in [7, 11) is 0. The number of nitrogens with zero attached hydrogens (tertiary/aromatic N) is 7. The third-order valence-corrected chi connectivity index (χ3v) is 6.59. The molecule has 0 bridgehead atoms. The first-order chi connectivity index (χ1) is 17.8. The van der Waals surface area contributed by atoms with Gasteiger partial charge in [0.1, 0.15) is 17.3 Å². The molecular formula is C25H29F2N7O3. The highest BCUT2D eigenvalue weighted by Gasteiger charge is 2.35. The van der Waals surface area contributed by atoms with E-state index < -0.39 is 17.7 Å². The third kappa shape index (κ3) is 5.38. The van der Waals surface area contributed by atoms with E-state index in [4.69, 9.17) is 4.74 Å². The van der Waals surface area contributed by atoms with Crippen molar-refractivity contribution in [2.75, 3.05) is 44.2 Å². The van der Waals surface area contributed by atoms with E-state index in [0.717, 1.165) is 6.07 Å². The summed E-state index contributed by atoms with van der Waals surface area (Å²) in [4.78, 5) is 40.1. The Labute approximate surface area is 213 Å². The van der Waals surface area contributed by atoms with E-state index in [9.17, 15) is 18.4 Å². The van der Waals surface area contributed by atoms with Crippen LogP contribution in [-0.2, 0) is 4.74 Å². The average molecular weight is 514 g/mol. The fourth-order valence-corrected chi connectivity index (χ4v) is 4.74. The summed E-state index contributed by atoms with van der Waals surface area (Å²) in [6.07, 6.45) is 3.69. The van der Waals surface area contributed by atoms with Crippen LogP contribution in [0.15, 0.2) is 35.6 Å². The highest BCUT2D eigenvalue weighted by atomic mass is 19.1. The minimum Gasteiger partial charge on any atom is -0.372 e. The lowest BCUT2D eigenvalue weighted by atomic mass is 10.0. The summed E-state index contributed by atoms with van der Waals surface area (Å²) in [6.45, 7) is 6.72. The highest BCUT2D eigenvalue weighted by Crippen LogP contribution is 2.30. The fraction of sp³-hybridized carbons (Fsp3) is 0.480. The van der Waals surface area contributed by atoms with Crippen molar-refractivity contribution >= 4 is 24.1 Å². The quantitative estimate of drug-likeness (QED) is 0.610. The van der Waals surface area contributed by atoms with E-state index in [1.54, 1.807) is 28.3 Å². The zero-order valence-electron chi connectivity index (χ0n) is 20.8. The monoisotopic (exact) mass is 513 g/mol. The van der Waals surface area contributed by atoms with Crippen molar-refractivity contribution < 1.29 is 23.1 Å². The van der Waals surface area contributed by atoms with Crippen LogP contribution in [0, 0.1) is 11.6 Å². The number of hydrazone groups is 1. The normalized spacial score (nSPS) is 20.1. The maximum Gasteiger partial charge on any atom is 0.341 e. The van der Waals surface area contributed by atoms with Gasteiger partial charge in [0.05, 0.1) is 18.2 Å². The van der Waals surface area contributed by atoms with Gasteiger partial charge < -0.3 is 19.4 Å². The summed E-state index contributed by atoms with van der Waals surface area (Å²) >= 11 is 0. The molecule has 4 heterocycles. The van der Waals surface area contributed by atoms with E-state index in [0.29, 0.717) is 62.9 Å². The average Bonchev–Trinajstić information content (AvgIpc) is 3.35. The number of likely N-dealkylation sites (tertiary alicyclic amines) is 1. The molecule has 2 aromatic rings. The number of piperazine rings is 1. The number of halogens is 2. The Balaban J connectivity index is 1.18. The van der Waals surface area contributed by atoms with Gasteiger partial charge in [0.25, 0.3) is 5.91 Å². The van der Waals surface area contributed by atoms with Gasteiger partial charge >= 0.3 is 6.03 Å². The third-order valence-electron chi connectivity index (χ3n) is 6.59. The minimum atomic E-state index is -0.693. The molecule has 1 aromatic carbocycles. The van der Waals surface area contributed by atoms with Gasteiger partial charge in [-0.05, 0) is 37.6 Å². The second kappa shape index (κ2) is 10.4. The van der Waals surface area contributed by atoms with E-state index in [1.807, 2.05) is 18.7 Å². The lowest BCUT2D eigenvalue weighted by Gasteiger charge is -2.39. The molecule has 196 valence electrons. The van der Waals surface area contributed by atoms with Crippen molar-refractivity contribution in [2.45, 2.75) is 38.5 Å². The number of amides is 3. The van der Waals surface area contributed by atoms with Gasteiger partial charge in [-0.3, -0.25) is 4.79 Å². The van der Waals surface area contributed by atoms with Gasteiger partial charge in [-0.15, -0.1) is 0 Å². The molecule has 37 heavy (non-hydrogen) atoms. The van der Waals surface area contributed by atoms with Gasteiger partial charge in [-0.2, -0.15) is 5.10 Å². The number of urea groups is 1. The van der Waals surface area contributed by atoms with Crippen molar-refractivity contribution in [3.05, 3.63) is 53.4 Å². The maximum atomic E-state index is 13.7. The van der Waals surface area contributed by atoms with Gasteiger partial charge in [0, 0.05) is 64.2 Å². The smallest absolute Gasteiger partial charge is 0.341 e. The number of anilines is 1. The number of benzene rings is 1. The first-order valence-electron chi connectivity index (χ1n) is 12.4. The van der Waals surface area contributed by atoms with Crippen LogP contribution < -0.4 is 4.90 Å². The maximum absolute atomic E-state index is 13.7. The summed E-state index contributed by atoms with van der Waals surface area (Å²) in [5.41, 5.74) is 0.684. The minimum absolute atomic E-state index is 0.0512. The topological polar surface area (TPSA) is 94.5 Å². The molecule has 3 amide bonds. The van der Waals surface area contributed by atoms with Gasteiger partial charge in [0.15, 0.2) is 0 Å². The number of aromatic nitrogens is 2. The second-order valence-corrected chi connectivity index (χ2v) is 9.61. The summed E-state index contributed by atoms with van der Waals surface area (Å²) in [6, 6.07) is 3.96. The molecule has 5 rings (SSSR count). The van der Waals surface area contributed by atoms with E-state index >= 15 is 0 Å². The molecule has 0 spiro atoms. The molecule has 10 nitrogen and oxygen atoms in total. The Morgan fingerprint density at radius 2 is 1.73 bits per heavy atom. The summed E-state index contributed by atoms with van der Waals surface area (Å²) in [5.74, 6) is -1.11. The molecule has 1 unspecified atom stereocenters. The predicted molar refractivity (Wildman–Crippen MR) is 131 cm³/mol. The lowest BCUT2D eigenvalue weighted by Crippen LogP contribution is -2.55. The lowest BCUT2D eigenvalue weighted by molar-refractivity contribution is -0.0685. The first-order valence-corrected chi connectivity index (χ1v) is 12.4. The van der Waals surface area contributed by atoms with Crippen LogP contribution >= 0.6 is 0 Å². The Kier molecular flexibility index (Phi) is 7.00. The predicted octanol–water partition coefficient (Wildman–Crippen LogP) is 2.68. The molecule has 2 fully saturated rings. The van der Waals surface area contributed by atoms with Crippen LogP contribution in [0.4, 0.5) is 19.5 Å². The van der Waals surface area contributed by atoms with E-state index in [2.05, 4.69) is 15.1 Å². The van der Waals surface area contributed by atoms with Crippen LogP contribution in [0.2, 0.25) is 0 Å². The highest BCUT2D eigenvalue weighted by molar-refractivity contribution is 5.93. The van der Waals surface area contributed by atoms with Crippen molar-refractivity contribution in [1.82, 2.24) is 24.8 Å². The van der Waals surface area contributed by atoms with Crippen LogP contribution in [0.3, 0.4) is 0 Å². The van der Waals surface area contributed by atoms with Gasteiger partial charge in [-0.1, -0.05) is 0 Å². The van der Waals surface area contributed by atoms with E-state index in [-0.39, 0.29) is 24.1 Å². The Hall–Kier alpha value is -3.67. The zero-order chi connectivity index (χ0) is 26.1. The first kappa shape index (κ1) is 25.0. The number of ether oxygens (including phenoxy) is 1. The van der Waals surface area contributed by atoms with Gasteiger partial charge in [0.2, 0.25) is 5.95 Å². The molecule has 1 atom stereocenters. The van der Waals surface area contributed by atoms with E-state index in [1.165, 1.54) is 17.1 Å². The summed E-state index contributed by atoms with van der Waals surface area (Å²) in [5, 5.41) is 5.45. The number of hydrogen-bond donors (Lipinski definition) is 0. The van der Waals surface area contributed by atoms with Gasteiger partial charge in [-0.25, -0.2) is 28.6 Å². The largest absolute Gasteiger partial charge is 0.372 e.